The average molecular weight is 435 g/mol. The molecule has 0 radical (unpaired) electrons. The topological polar surface area (TPSA) is 88.8 Å². The first kappa shape index (κ1) is 19.5. The standard InChI is InChI=1S/C22H22N6O2S/c29-21(17-4-1-5-18(15-17)27-10-3-9-23-27)26-11-7-16(8-12-26)14-19-24-25-22(30)28(19)20-6-2-13-31-20/h1-6,9-10,13,15-16H,7-8,11-12,14H2,(H,25,30). The van der Waals surface area contributed by atoms with Crippen LogP contribution in [-0.2, 0) is 6.42 Å². The summed E-state index contributed by atoms with van der Waals surface area (Å²) in [6.07, 6.45) is 6.07. The number of amides is 1. The molecule has 1 fully saturated rings. The molecule has 1 aliphatic rings. The van der Waals surface area contributed by atoms with Crippen molar-refractivity contribution in [3.63, 3.8) is 0 Å². The largest absolute Gasteiger partial charge is 0.348 e. The number of benzene rings is 1. The molecule has 1 aromatic carbocycles. The number of nitrogens with zero attached hydrogens (tertiary/aromatic N) is 5. The van der Waals surface area contributed by atoms with E-state index in [1.165, 1.54) is 11.3 Å². The van der Waals surface area contributed by atoms with Crippen LogP contribution in [0.15, 0.2) is 65.0 Å². The molecule has 4 aromatic rings. The van der Waals surface area contributed by atoms with Gasteiger partial charge in [0.05, 0.1) is 5.69 Å². The molecule has 0 spiro atoms. The molecular weight excluding hydrogens is 412 g/mol. The molecule has 0 atom stereocenters. The molecule has 1 aliphatic heterocycles. The van der Waals surface area contributed by atoms with Crippen LogP contribution < -0.4 is 5.69 Å². The number of carbonyl (C=O) groups is 1. The maximum Gasteiger partial charge on any atom is 0.348 e. The van der Waals surface area contributed by atoms with Crippen LogP contribution in [-0.4, -0.2) is 48.4 Å². The maximum absolute atomic E-state index is 13.0. The predicted octanol–water partition coefficient (Wildman–Crippen LogP) is 2.90. The Kier molecular flexibility index (Phi) is 5.25. The minimum atomic E-state index is -0.206. The van der Waals surface area contributed by atoms with E-state index in [0.717, 1.165) is 29.4 Å². The fraction of sp³-hybridized carbons (Fsp3) is 0.273. The summed E-state index contributed by atoms with van der Waals surface area (Å²) in [5.41, 5.74) is 1.34. The van der Waals surface area contributed by atoms with Crippen molar-refractivity contribution in [1.29, 1.82) is 0 Å². The molecule has 5 rings (SSSR count). The summed E-state index contributed by atoms with van der Waals surface area (Å²) in [6.45, 7) is 1.40. The highest BCUT2D eigenvalue weighted by atomic mass is 32.1. The summed E-state index contributed by atoms with van der Waals surface area (Å²) in [7, 11) is 0. The zero-order valence-corrected chi connectivity index (χ0v) is 17.7. The minimum absolute atomic E-state index is 0.0442. The van der Waals surface area contributed by atoms with Gasteiger partial charge in [0, 0.05) is 37.5 Å². The molecule has 0 saturated carbocycles. The van der Waals surface area contributed by atoms with E-state index in [2.05, 4.69) is 15.3 Å². The number of H-pyrrole nitrogens is 1. The highest BCUT2D eigenvalue weighted by Crippen LogP contribution is 2.24. The molecule has 0 aliphatic carbocycles. The summed E-state index contributed by atoms with van der Waals surface area (Å²) in [5.74, 6) is 1.18. The predicted molar refractivity (Wildman–Crippen MR) is 118 cm³/mol. The molecule has 0 unspecified atom stereocenters. The first-order chi connectivity index (χ1) is 15.2. The van der Waals surface area contributed by atoms with Gasteiger partial charge in [0.25, 0.3) is 5.91 Å². The Bertz CT molecular complexity index is 1220. The molecule has 4 heterocycles. The van der Waals surface area contributed by atoms with E-state index in [9.17, 15) is 9.59 Å². The van der Waals surface area contributed by atoms with Crippen LogP contribution >= 0.6 is 11.3 Å². The Morgan fingerprint density at radius 2 is 2.03 bits per heavy atom. The number of rotatable bonds is 5. The van der Waals surface area contributed by atoms with Crippen molar-refractivity contribution >= 4 is 17.2 Å². The molecule has 0 bridgehead atoms. The molecule has 31 heavy (non-hydrogen) atoms. The number of hydrogen-bond acceptors (Lipinski definition) is 5. The average Bonchev–Trinajstić information content (AvgIpc) is 3.57. The van der Waals surface area contributed by atoms with Crippen LogP contribution in [0.25, 0.3) is 10.7 Å². The van der Waals surface area contributed by atoms with Crippen molar-refractivity contribution in [3.8, 4) is 10.7 Å². The van der Waals surface area contributed by atoms with Crippen molar-refractivity contribution in [3.05, 3.63) is 82.1 Å². The quantitative estimate of drug-likeness (QED) is 0.523. The summed E-state index contributed by atoms with van der Waals surface area (Å²) in [5, 5.41) is 13.9. The van der Waals surface area contributed by atoms with Gasteiger partial charge in [-0.25, -0.2) is 19.1 Å². The van der Waals surface area contributed by atoms with Crippen LogP contribution in [0.3, 0.4) is 0 Å². The fourth-order valence-corrected chi connectivity index (χ4v) is 4.82. The van der Waals surface area contributed by atoms with Gasteiger partial charge >= 0.3 is 5.69 Å². The lowest BCUT2D eigenvalue weighted by atomic mass is 9.93. The number of aromatic nitrogens is 5. The number of hydrogen-bond donors (Lipinski definition) is 1. The van der Waals surface area contributed by atoms with E-state index in [1.807, 2.05) is 58.9 Å². The normalized spacial score (nSPS) is 14.8. The van der Waals surface area contributed by atoms with Gasteiger partial charge in [-0.15, -0.1) is 11.3 Å². The molecule has 9 heteroatoms. The maximum atomic E-state index is 13.0. The van der Waals surface area contributed by atoms with Crippen LogP contribution in [0.5, 0.6) is 0 Å². The summed E-state index contributed by atoms with van der Waals surface area (Å²) in [6, 6.07) is 13.3. The lowest BCUT2D eigenvalue weighted by Gasteiger charge is -2.32. The van der Waals surface area contributed by atoms with Crippen molar-refractivity contribution in [2.45, 2.75) is 19.3 Å². The van der Waals surface area contributed by atoms with E-state index in [0.29, 0.717) is 31.0 Å². The summed E-state index contributed by atoms with van der Waals surface area (Å²) >= 11 is 1.52. The Morgan fingerprint density at radius 1 is 1.16 bits per heavy atom. The van der Waals surface area contributed by atoms with E-state index in [4.69, 9.17) is 0 Å². The molecule has 1 amide bonds. The smallest absolute Gasteiger partial charge is 0.339 e. The van der Waals surface area contributed by atoms with E-state index >= 15 is 0 Å². The second-order valence-electron chi connectivity index (χ2n) is 7.67. The third-order valence-corrected chi connectivity index (χ3v) is 6.56. The lowest BCUT2D eigenvalue weighted by Crippen LogP contribution is -2.39. The van der Waals surface area contributed by atoms with Crippen LogP contribution in [0.1, 0.15) is 29.0 Å². The number of piperidine rings is 1. The Labute approximate surface area is 182 Å². The number of aromatic amines is 1. The van der Waals surface area contributed by atoms with Crippen LogP contribution in [0.2, 0.25) is 0 Å². The van der Waals surface area contributed by atoms with Gasteiger partial charge in [0.2, 0.25) is 0 Å². The van der Waals surface area contributed by atoms with E-state index in [-0.39, 0.29) is 11.6 Å². The minimum Gasteiger partial charge on any atom is -0.339 e. The van der Waals surface area contributed by atoms with Gasteiger partial charge in [0.15, 0.2) is 0 Å². The number of nitrogens with one attached hydrogen (secondary N) is 1. The fourth-order valence-electron chi connectivity index (χ4n) is 4.07. The van der Waals surface area contributed by atoms with E-state index in [1.54, 1.807) is 15.4 Å². The third kappa shape index (κ3) is 3.96. The SMILES string of the molecule is O=C(c1cccc(-n2cccn2)c1)N1CCC(Cc2n[nH]c(=O)n2-c2cccs2)CC1. The monoisotopic (exact) mass is 434 g/mol. The highest BCUT2D eigenvalue weighted by molar-refractivity contribution is 7.12. The summed E-state index contributed by atoms with van der Waals surface area (Å²) in [4.78, 5) is 27.1. The second kappa shape index (κ2) is 8.35. The van der Waals surface area contributed by atoms with Gasteiger partial charge in [0.1, 0.15) is 10.8 Å². The zero-order valence-electron chi connectivity index (χ0n) is 16.8. The van der Waals surface area contributed by atoms with Crippen LogP contribution in [0.4, 0.5) is 0 Å². The van der Waals surface area contributed by atoms with Gasteiger partial charge in [-0.3, -0.25) is 4.79 Å². The van der Waals surface area contributed by atoms with Crippen molar-refractivity contribution in [2.75, 3.05) is 13.1 Å². The third-order valence-electron chi connectivity index (χ3n) is 5.70. The molecular formula is C22H22N6O2S. The first-order valence-electron chi connectivity index (χ1n) is 10.3. The molecule has 3 aromatic heterocycles. The Hall–Kier alpha value is -3.46. The number of thiophene rings is 1. The molecule has 1 saturated heterocycles. The Balaban J connectivity index is 1.24. The van der Waals surface area contributed by atoms with Crippen molar-refractivity contribution < 1.29 is 4.79 Å². The first-order valence-corrected chi connectivity index (χ1v) is 11.2. The van der Waals surface area contributed by atoms with Gasteiger partial charge in [-0.05, 0) is 60.5 Å². The van der Waals surface area contributed by atoms with Crippen LogP contribution in [0, 0.1) is 5.92 Å². The molecule has 158 valence electrons. The van der Waals surface area contributed by atoms with Crippen molar-refractivity contribution in [1.82, 2.24) is 29.4 Å². The Morgan fingerprint density at radius 3 is 2.77 bits per heavy atom. The van der Waals surface area contributed by atoms with Gasteiger partial charge in [-0.2, -0.15) is 10.2 Å². The second-order valence-corrected chi connectivity index (χ2v) is 8.60. The van der Waals surface area contributed by atoms with Gasteiger partial charge < -0.3 is 4.90 Å². The van der Waals surface area contributed by atoms with E-state index < -0.39 is 0 Å². The van der Waals surface area contributed by atoms with Crippen molar-refractivity contribution in [2.24, 2.45) is 5.92 Å². The summed E-state index contributed by atoms with van der Waals surface area (Å²) < 4.78 is 3.41. The molecule has 1 N–H and O–H groups in total. The molecule has 8 nitrogen and oxygen atoms in total. The zero-order chi connectivity index (χ0) is 21.2. The number of likely N-dealkylation sites (tertiary alicyclic amines) is 1. The highest BCUT2D eigenvalue weighted by Gasteiger charge is 2.26. The lowest BCUT2D eigenvalue weighted by molar-refractivity contribution is 0.0689. The number of carbonyl (C=O) groups excluding carboxylic acids is 1. The van der Waals surface area contributed by atoms with Gasteiger partial charge in [-0.1, -0.05) is 6.07 Å².